The molecule has 4 nitrogen and oxygen atoms in total. The predicted molar refractivity (Wildman–Crippen MR) is 89.5 cm³/mol. The van der Waals surface area contributed by atoms with Gasteiger partial charge >= 0.3 is 0 Å². The minimum absolute atomic E-state index is 0. The van der Waals surface area contributed by atoms with E-state index in [9.17, 15) is 9.18 Å². The topological polar surface area (TPSA) is 41.6 Å². The molecule has 0 saturated carbocycles. The highest BCUT2D eigenvalue weighted by molar-refractivity contribution is 5.85. The van der Waals surface area contributed by atoms with E-state index < -0.39 is 6.10 Å². The van der Waals surface area contributed by atoms with Crippen LogP contribution in [0.5, 0.6) is 5.75 Å². The van der Waals surface area contributed by atoms with Gasteiger partial charge in [0.1, 0.15) is 11.6 Å². The van der Waals surface area contributed by atoms with Gasteiger partial charge in [0, 0.05) is 19.6 Å². The van der Waals surface area contributed by atoms with Crippen molar-refractivity contribution in [2.75, 3.05) is 26.2 Å². The van der Waals surface area contributed by atoms with Crippen LogP contribution in [0.4, 0.5) is 4.39 Å². The molecule has 0 aliphatic carbocycles. The maximum Gasteiger partial charge on any atom is 0.263 e. The number of rotatable bonds is 3. The van der Waals surface area contributed by atoms with Crippen LogP contribution in [0, 0.1) is 11.2 Å². The summed E-state index contributed by atoms with van der Waals surface area (Å²) in [6.07, 6.45) is 2.81. The van der Waals surface area contributed by atoms with Crippen molar-refractivity contribution in [3.8, 4) is 5.75 Å². The number of piperidine rings is 1. The second-order valence-electron chi connectivity index (χ2n) is 6.47. The molecule has 1 aromatic carbocycles. The fraction of sp³-hybridized carbons (Fsp3) is 0.588. The molecular weight excluding hydrogens is 319 g/mol. The van der Waals surface area contributed by atoms with Gasteiger partial charge < -0.3 is 15.0 Å². The van der Waals surface area contributed by atoms with E-state index in [0.29, 0.717) is 11.2 Å². The lowest BCUT2D eigenvalue weighted by Gasteiger charge is -2.39. The molecule has 23 heavy (non-hydrogen) atoms. The fourth-order valence-electron chi connectivity index (χ4n) is 3.45. The molecule has 1 aromatic rings. The summed E-state index contributed by atoms with van der Waals surface area (Å²) >= 11 is 0. The van der Waals surface area contributed by atoms with Crippen molar-refractivity contribution in [1.82, 2.24) is 10.2 Å². The average Bonchev–Trinajstić information content (AvgIpc) is 2.98. The first-order valence-corrected chi connectivity index (χ1v) is 8.00. The third-order valence-corrected chi connectivity index (χ3v) is 4.94. The van der Waals surface area contributed by atoms with E-state index in [2.05, 4.69) is 5.32 Å². The smallest absolute Gasteiger partial charge is 0.263 e. The molecule has 2 saturated heterocycles. The normalized spacial score (nSPS) is 20.9. The fourth-order valence-corrected chi connectivity index (χ4v) is 3.45. The Morgan fingerprint density at radius 2 is 1.91 bits per heavy atom. The number of nitrogens with zero attached hydrogens (tertiary/aromatic N) is 1. The van der Waals surface area contributed by atoms with Gasteiger partial charge in [-0.05, 0) is 62.4 Å². The second kappa shape index (κ2) is 7.49. The van der Waals surface area contributed by atoms with E-state index in [4.69, 9.17) is 4.74 Å². The number of halogens is 2. The van der Waals surface area contributed by atoms with Gasteiger partial charge in [-0.1, -0.05) is 0 Å². The summed E-state index contributed by atoms with van der Waals surface area (Å²) < 4.78 is 18.5. The number of nitrogens with one attached hydrogen (secondary N) is 1. The minimum Gasteiger partial charge on any atom is -0.481 e. The number of ether oxygens (including phenoxy) is 1. The predicted octanol–water partition coefficient (Wildman–Crippen LogP) is 2.62. The van der Waals surface area contributed by atoms with Crippen LogP contribution in [0.15, 0.2) is 24.3 Å². The summed E-state index contributed by atoms with van der Waals surface area (Å²) in [5.41, 5.74) is 0.401. The first-order chi connectivity index (χ1) is 10.6. The Morgan fingerprint density at radius 1 is 1.26 bits per heavy atom. The standard InChI is InChI=1S/C17H23FN2O2.ClH/c1-13(22-15-4-2-14(18)3-5-15)16(21)20-10-7-17(8-11-20)6-9-19-12-17;/h2-5,13,19H,6-12H2,1H3;1H. The summed E-state index contributed by atoms with van der Waals surface area (Å²) in [5, 5.41) is 3.43. The molecule has 2 aliphatic rings. The lowest BCUT2D eigenvalue weighted by Crippen LogP contribution is -2.48. The molecule has 1 atom stereocenters. The van der Waals surface area contributed by atoms with Crippen LogP contribution < -0.4 is 10.1 Å². The largest absolute Gasteiger partial charge is 0.481 e. The highest BCUT2D eigenvalue weighted by atomic mass is 35.5. The van der Waals surface area contributed by atoms with Crippen LogP contribution in [0.25, 0.3) is 0 Å². The Kier molecular flexibility index (Phi) is 5.87. The number of hydrogen-bond donors (Lipinski definition) is 1. The van der Waals surface area contributed by atoms with Crippen LogP contribution >= 0.6 is 12.4 Å². The Hall–Kier alpha value is -1.33. The second-order valence-corrected chi connectivity index (χ2v) is 6.47. The molecule has 1 amide bonds. The highest BCUT2D eigenvalue weighted by Crippen LogP contribution is 2.37. The molecule has 0 bridgehead atoms. The van der Waals surface area contributed by atoms with Crippen molar-refractivity contribution >= 4 is 18.3 Å². The molecule has 1 unspecified atom stereocenters. The summed E-state index contributed by atoms with van der Waals surface area (Å²) in [7, 11) is 0. The van der Waals surface area contributed by atoms with Crippen LogP contribution in [0.2, 0.25) is 0 Å². The zero-order chi connectivity index (χ0) is 15.6. The molecule has 128 valence electrons. The summed E-state index contributed by atoms with van der Waals surface area (Å²) in [4.78, 5) is 14.4. The number of carbonyl (C=O) groups is 1. The molecule has 0 radical (unpaired) electrons. The zero-order valence-electron chi connectivity index (χ0n) is 13.4. The van der Waals surface area contributed by atoms with E-state index in [1.807, 2.05) is 4.90 Å². The van der Waals surface area contributed by atoms with Crippen LogP contribution in [0.1, 0.15) is 26.2 Å². The van der Waals surface area contributed by atoms with Crippen LogP contribution in [-0.4, -0.2) is 43.1 Å². The van der Waals surface area contributed by atoms with Crippen LogP contribution in [-0.2, 0) is 4.79 Å². The molecular formula is C17H24ClFN2O2. The van der Waals surface area contributed by atoms with Gasteiger partial charge in [-0.25, -0.2) is 4.39 Å². The molecule has 2 heterocycles. The number of amides is 1. The zero-order valence-corrected chi connectivity index (χ0v) is 14.2. The van der Waals surface area contributed by atoms with Gasteiger partial charge in [0.25, 0.3) is 5.91 Å². The van der Waals surface area contributed by atoms with Crippen molar-refractivity contribution in [3.05, 3.63) is 30.1 Å². The Balaban J connectivity index is 0.00000192. The third-order valence-electron chi connectivity index (χ3n) is 4.94. The highest BCUT2D eigenvalue weighted by Gasteiger charge is 2.38. The van der Waals surface area contributed by atoms with E-state index in [0.717, 1.165) is 39.0 Å². The number of benzene rings is 1. The molecule has 1 N–H and O–H groups in total. The monoisotopic (exact) mass is 342 g/mol. The molecule has 2 fully saturated rings. The first kappa shape index (κ1) is 18.0. The summed E-state index contributed by atoms with van der Waals surface area (Å²) in [6.45, 7) is 5.54. The lowest BCUT2D eigenvalue weighted by molar-refractivity contribution is -0.140. The molecule has 2 aliphatic heterocycles. The average molecular weight is 343 g/mol. The van der Waals surface area contributed by atoms with Crippen LogP contribution in [0.3, 0.4) is 0 Å². The molecule has 1 spiro atoms. The maximum atomic E-state index is 12.9. The maximum absolute atomic E-state index is 12.9. The van der Waals surface area contributed by atoms with Crippen molar-refractivity contribution in [2.24, 2.45) is 5.41 Å². The first-order valence-electron chi connectivity index (χ1n) is 8.00. The van der Waals surface area contributed by atoms with E-state index in [-0.39, 0.29) is 24.1 Å². The third kappa shape index (κ3) is 4.15. The molecule has 0 aromatic heterocycles. The van der Waals surface area contributed by atoms with Gasteiger partial charge in [0.05, 0.1) is 0 Å². The van der Waals surface area contributed by atoms with Crippen molar-refractivity contribution in [2.45, 2.75) is 32.3 Å². The molecule has 3 rings (SSSR count). The number of likely N-dealkylation sites (tertiary alicyclic amines) is 1. The number of carbonyl (C=O) groups excluding carboxylic acids is 1. The summed E-state index contributed by atoms with van der Waals surface area (Å²) in [5.74, 6) is 0.235. The quantitative estimate of drug-likeness (QED) is 0.918. The van der Waals surface area contributed by atoms with Crippen molar-refractivity contribution < 1.29 is 13.9 Å². The Bertz CT molecular complexity index is 522. The van der Waals surface area contributed by atoms with Crippen molar-refractivity contribution in [1.29, 1.82) is 0 Å². The minimum atomic E-state index is -0.541. The van der Waals surface area contributed by atoms with Gasteiger partial charge in [-0.2, -0.15) is 0 Å². The van der Waals surface area contributed by atoms with Gasteiger partial charge in [-0.3, -0.25) is 4.79 Å². The molecule has 6 heteroatoms. The Labute approximate surface area is 142 Å². The van der Waals surface area contributed by atoms with E-state index in [1.54, 1.807) is 19.1 Å². The SMILES string of the molecule is CC(Oc1ccc(F)cc1)C(=O)N1CCC2(CCNC2)CC1.Cl. The van der Waals surface area contributed by atoms with Gasteiger partial charge in [-0.15, -0.1) is 12.4 Å². The van der Waals surface area contributed by atoms with Gasteiger partial charge in [0.15, 0.2) is 6.10 Å². The van der Waals surface area contributed by atoms with Crippen molar-refractivity contribution in [3.63, 3.8) is 0 Å². The summed E-state index contributed by atoms with van der Waals surface area (Å²) in [6, 6.07) is 5.78. The van der Waals surface area contributed by atoms with Gasteiger partial charge in [0.2, 0.25) is 0 Å². The van der Waals surface area contributed by atoms with E-state index in [1.165, 1.54) is 18.6 Å². The number of hydrogen-bond acceptors (Lipinski definition) is 3. The van der Waals surface area contributed by atoms with E-state index >= 15 is 0 Å². The lowest BCUT2D eigenvalue weighted by atomic mass is 9.78. The Morgan fingerprint density at radius 3 is 2.48 bits per heavy atom.